The van der Waals surface area contributed by atoms with Crippen molar-refractivity contribution < 1.29 is 0 Å². The molecule has 0 saturated carbocycles. The van der Waals surface area contributed by atoms with Crippen LogP contribution in [0.25, 0.3) is 43.8 Å². The molecule has 3 aromatic carbocycles. The average Bonchev–Trinajstić information content (AvgIpc) is 2.96. The molecule has 5 rings (SSSR count). The lowest BCUT2D eigenvalue weighted by molar-refractivity contribution is 1.66. The Hall–Kier alpha value is -2.12. The lowest BCUT2D eigenvalue weighted by atomic mass is 9.99. The third kappa shape index (κ3) is 1.35. The van der Waals surface area contributed by atoms with Crippen LogP contribution >= 0.6 is 11.3 Å². The third-order valence-electron chi connectivity index (χ3n) is 4.71. The van der Waals surface area contributed by atoms with Gasteiger partial charge >= 0.3 is 0 Å². The van der Waals surface area contributed by atoms with E-state index in [0.717, 1.165) is 0 Å². The first-order valence-electron chi connectivity index (χ1n) is 7.30. The van der Waals surface area contributed by atoms with Crippen LogP contribution in [0.15, 0.2) is 48.5 Å². The molecule has 0 aliphatic heterocycles. The van der Waals surface area contributed by atoms with Crippen molar-refractivity contribution in [2.45, 2.75) is 13.8 Å². The highest BCUT2D eigenvalue weighted by Crippen LogP contribution is 2.49. The molecule has 100 valence electrons. The number of fused-ring (bicyclic) bond motifs is 4. The van der Waals surface area contributed by atoms with Crippen molar-refractivity contribution in [3.8, 4) is 22.3 Å². The van der Waals surface area contributed by atoms with E-state index < -0.39 is 0 Å². The Bertz CT molecular complexity index is 972. The summed E-state index contributed by atoms with van der Waals surface area (Å²) in [6.45, 7) is 4.46. The van der Waals surface area contributed by atoms with Crippen LogP contribution in [0.3, 0.4) is 0 Å². The largest absolute Gasteiger partial charge is 0.145 e. The van der Waals surface area contributed by atoms with Gasteiger partial charge in [-0.15, -0.1) is 11.3 Å². The molecule has 1 aliphatic rings. The number of rotatable bonds is 0. The Labute approximate surface area is 127 Å². The molecule has 0 atom stereocenters. The molecular weight excluding hydrogens is 272 g/mol. The van der Waals surface area contributed by atoms with Crippen LogP contribution in [0.4, 0.5) is 0 Å². The summed E-state index contributed by atoms with van der Waals surface area (Å²) < 4.78 is 0. The van der Waals surface area contributed by atoms with Gasteiger partial charge in [-0.2, -0.15) is 0 Å². The molecule has 0 N–H and O–H groups in total. The Morgan fingerprint density at radius 1 is 0.667 bits per heavy atom. The van der Waals surface area contributed by atoms with Crippen molar-refractivity contribution in [3.63, 3.8) is 0 Å². The molecule has 0 bridgehead atoms. The quantitative estimate of drug-likeness (QED) is 0.312. The van der Waals surface area contributed by atoms with Gasteiger partial charge in [-0.05, 0) is 69.8 Å². The smallest absolute Gasteiger partial charge is 0.00958 e. The van der Waals surface area contributed by atoms with E-state index in [2.05, 4.69) is 62.4 Å². The van der Waals surface area contributed by atoms with Gasteiger partial charge in [-0.3, -0.25) is 0 Å². The van der Waals surface area contributed by atoms with Gasteiger partial charge in [0.2, 0.25) is 0 Å². The van der Waals surface area contributed by atoms with Gasteiger partial charge in [0.25, 0.3) is 0 Å². The monoisotopic (exact) mass is 286 g/mol. The first-order chi connectivity index (χ1) is 10.2. The minimum absolute atomic E-state index is 1.34. The van der Waals surface area contributed by atoms with Crippen LogP contribution < -0.4 is 0 Å². The zero-order valence-corrected chi connectivity index (χ0v) is 12.8. The van der Waals surface area contributed by atoms with E-state index in [0.29, 0.717) is 0 Å². The molecule has 1 heterocycles. The second-order valence-electron chi connectivity index (χ2n) is 5.87. The van der Waals surface area contributed by atoms with Crippen LogP contribution in [0.5, 0.6) is 0 Å². The zero-order chi connectivity index (χ0) is 14.1. The molecule has 0 spiro atoms. The minimum Gasteiger partial charge on any atom is -0.145 e. The number of thiophene rings is 1. The lowest BCUT2D eigenvalue weighted by Crippen LogP contribution is -1.78. The van der Waals surface area contributed by atoms with E-state index in [-0.39, 0.29) is 0 Å². The maximum atomic E-state index is 2.40. The van der Waals surface area contributed by atoms with Crippen LogP contribution in [0.1, 0.15) is 9.75 Å². The molecule has 0 fully saturated rings. The van der Waals surface area contributed by atoms with Crippen LogP contribution in [-0.4, -0.2) is 0 Å². The first kappa shape index (κ1) is 11.5. The van der Waals surface area contributed by atoms with Crippen LogP contribution in [-0.2, 0) is 0 Å². The SMILES string of the molecule is Cc1sc(C)c2cc3c(cc12)-c1cccc2cccc-3c12. The maximum absolute atomic E-state index is 2.40. The van der Waals surface area contributed by atoms with Gasteiger partial charge in [0.1, 0.15) is 0 Å². The van der Waals surface area contributed by atoms with Crippen molar-refractivity contribution in [1.29, 1.82) is 0 Å². The second kappa shape index (κ2) is 3.75. The van der Waals surface area contributed by atoms with Gasteiger partial charge < -0.3 is 0 Å². The van der Waals surface area contributed by atoms with Gasteiger partial charge in [0, 0.05) is 9.75 Å². The molecule has 21 heavy (non-hydrogen) atoms. The normalized spacial score (nSPS) is 12.3. The molecule has 1 aromatic heterocycles. The summed E-state index contributed by atoms with van der Waals surface area (Å²) in [6.07, 6.45) is 0. The molecule has 0 unspecified atom stereocenters. The zero-order valence-electron chi connectivity index (χ0n) is 12.0. The number of hydrogen-bond donors (Lipinski definition) is 0. The van der Waals surface area contributed by atoms with Gasteiger partial charge in [0.05, 0.1) is 0 Å². The van der Waals surface area contributed by atoms with E-state index in [4.69, 9.17) is 0 Å². The van der Waals surface area contributed by atoms with Crippen LogP contribution in [0, 0.1) is 13.8 Å². The van der Waals surface area contributed by atoms with Gasteiger partial charge in [0.15, 0.2) is 0 Å². The Morgan fingerprint density at radius 3 is 1.71 bits per heavy atom. The highest BCUT2D eigenvalue weighted by atomic mass is 32.1. The van der Waals surface area contributed by atoms with Crippen LogP contribution in [0.2, 0.25) is 0 Å². The molecule has 0 amide bonds. The predicted molar refractivity (Wildman–Crippen MR) is 93.2 cm³/mol. The summed E-state index contributed by atoms with van der Waals surface area (Å²) in [5.74, 6) is 0. The fraction of sp³-hybridized carbons (Fsp3) is 0.100. The Morgan fingerprint density at radius 2 is 1.19 bits per heavy atom. The standard InChI is InChI=1S/C20H14S/c1-11-16-9-18-14-7-3-5-13-6-4-8-15(20(13)14)19(18)10-17(16)12(2)21-11/h3-10H,1-2H3. The minimum atomic E-state index is 1.34. The van der Waals surface area contributed by atoms with E-state index in [1.54, 1.807) is 0 Å². The van der Waals surface area contributed by atoms with Crippen molar-refractivity contribution in [1.82, 2.24) is 0 Å². The molecular formula is C20H14S. The summed E-state index contributed by atoms with van der Waals surface area (Å²) in [4.78, 5) is 2.85. The topological polar surface area (TPSA) is 0 Å². The number of benzene rings is 3. The summed E-state index contributed by atoms with van der Waals surface area (Å²) in [5, 5.41) is 5.60. The molecule has 0 radical (unpaired) electrons. The summed E-state index contributed by atoms with van der Waals surface area (Å²) in [5.41, 5.74) is 5.58. The van der Waals surface area contributed by atoms with Crippen molar-refractivity contribution in [2.24, 2.45) is 0 Å². The van der Waals surface area contributed by atoms with E-state index in [1.807, 2.05) is 11.3 Å². The molecule has 0 nitrogen and oxygen atoms in total. The van der Waals surface area contributed by atoms with E-state index >= 15 is 0 Å². The fourth-order valence-electron chi connectivity index (χ4n) is 3.76. The molecule has 1 heteroatoms. The van der Waals surface area contributed by atoms with Crippen molar-refractivity contribution in [2.75, 3.05) is 0 Å². The number of hydrogen-bond acceptors (Lipinski definition) is 1. The van der Waals surface area contributed by atoms with E-state index in [1.165, 1.54) is 53.6 Å². The molecule has 1 aliphatic carbocycles. The molecule has 0 saturated heterocycles. The van der Waals surface area contributed by atoms with Crippen molar-refractivity contribution in [3.05, 3.63) is 58.3 Å². The average molecular weight is 286 g/mol. The predicted octanol–water partition coefficient (Wildman–Crippen LogP) is 6.32. The lowest BCUT2D eigenvalue weighted by Gasteiger charge is -2.03. The molecule has 4 aromatic rings. The van der Waals surface area contributed by atoms with E-state index in [9.17, 15) is 0 Å². The number of aryl methyl sites for hydroxylation is 2. The highest BCUT2D eigenvalue weighted by molar-refractivity contribution is 7.13. The van der Waals surface area contributed by atoms with Gasteiger partial charge in [-0.1, -0.05) is 36.4 Å². The first-order valence-corrected chi connectivity index (χ1v) is 8.12. The second-order valence-corrected chi connectivity index (χ2v) is 7.30. The maximum Gasteiger partial charge on any atom is 0.00958 e. The summed E-state index contributed by atoms with van der Waals surface area (Å²) in [7, 11) is 0. The fourth-order valence-corrected chi connectivity index (χ4v) is 4.77. The Balaban J connectivity index is 2.02. The highest BCUT2D eigenvalue weighted by Gasteiger charge is 2.22. The Kier molecular flexibility index (Phi) is 2.06. The van der Waals surface area contributed by atoms with Crippen molar-refractivity contribution >= 4 is 32.9 Å². The summed E-state index contributed by atoms with van der Waals surface area (Å²) >= 11 is 1.91. The van der Waals surface area contributed by atoms with Gasteiger partial charge in [-0.25, -0.2) is 0 Å². The third-order valence-corrected chi connectivity index (χ3v) is 5.76. The summed E-state index contributed by atoms with van der Waals surface area (Å²) in [6, 6.07) is 18.1.